The lowest BCUT2D eigenvalue weighted by Crippen LogP contribution is -2.36. The number of fused-ring (bicyclic) bond motifs is 2. The minimum atomic E-state index is 0. The second-order valence-electron chi connectivity index (χ2n) is 7.22. The van der Waals surface area contributed by atoms with E-state index in [1.54, 1.807) is 0 Å². The average molecular weight is 373 g/mol. The van der Waals surface area contributed by atoms with Crippen LogP contribution in [0.25, 0.3) is 11.3 Å². The van der Waals surface area contributed by atoms with Gasteiger partial charge in [-0.15, -0.1) is 17.0 Å². The van der Waals surface area contributed by atoms with Gasteiger partial charge in [0.05, 0.1) is 5.69 Å². The van der Waals surface area contributed by atoms with Crippen LogP contribution in [0.1, 0.15) is 36.0 Å². The number of benzene rings is 1. The van der Waals surface area contributed by atoms with E-state index in [4.69, 9.17) is 4.98 Å². The smallest absolute Gasteiger partial charge is 0.0702 e. The summed E-state index contributed by atoms with van der Waals surface area (Å²) in [5.74, 6) is 0. The molecule has 122 valence electrons. The standard InChI is InChI=1S/C20H24N2.BrH/c1-15-10-16(2)12-17(11-15)19-5-4-18(13-21-19)20-6-3-8-22(14-20)9-7-20;/h4-5,10-13H,3,6-9,14H2,1-2H3;1H. The first kappa shape index (κ1) is 16.7. The van der Waals surface area contributed by atoms with E-state index in [1.165, 1.54) is 61.2 Å². The number of hydrogen-bond donors (Lipinski definition) is 0. The van der Waals surface area contributed by atoms with Crippen molar-refractivity contribution in [2.45, 2.75) is 38.5 Å². The Morgan fingerprint density at radius 1 is 1.00 bits per heavy atom. The van der Waals surface area contributed by atoms with Crippen LogP contribution in [0.5, 0.6) is 0 Å². The van der Waals surface area contributed by atoms with Crippen LogP contribution >= 0.6 is 17.0 Å². The summed E-state index contributed by atoms with van der Waals surface area (Å²) in [4.78, 5) is 7.41. The minimum absolute atomic E-state index is 0. The zero-order valence-electron chi connectivity index (χ0n) is 14.0. The summed E-state index contributed by atoms with van der Waals surface area (Å²) in [6.07, 6.45) is 6.10. The van der Waals surface area contributed by atoms with Crippen molar-refractivity contribution in [1.29, 1.82) is 0 Å². The van der Waals surface area contributed by atoms with Gasteiger partial charge in [0.15, 0.2) is 0 Å². The Bertz CT molecular complexity index is 671. The molecule has 2 aliphatic heterocycles. The van der Waals surface area contributed by atoms with Crippen LogP contribution in [0.2, 0.25) is 0 Å². The van der Waals surface area contributed by atoms with Crippen LogP contribution in [0.15, 0.2) is 36.5 Å². The van der Waals surface area contributed by atoms with E-state index >= 15 is 0 Å². The molecule has 23 heavy (non-hydrogen) atoms. The van der Waals surface area contributed by atoms with E-state index in [0.717, 1.165) is 5.69 Å². The number of hydrogen-bond acceptors (Lipinski definition) is 2. The van der Waals surface area contributed by atoms with Gasteiger partial charge in [-0.3, -0.25) is 4.98 Å². The van der Waals surface area contributed by atoms with Crippen LogP contribution in [-0.2, 0) is 5.41 Å². The molecule has 1 aromatic carbocycles. The summed E-state index contributed by atoms with van der Waals surface area (Å²) >= 11 is 0. The Kier molecular flexibility index (Phi) is 4.61. The van der Waals surface area contributed by atoms with Gasteiger partial charge < -0.3 is 4.90 Å². The summed E-state index contributed by atoms with van der Waals surface area (Å²) < 4.78 is 0. The first-order chi connectivity index (χ1) is 10.6. The third kappa shape index (κ3) is 3.09. The molecule has 1 aromatic heterocycles. The predicted octanol–water partition coefficient (Wildman–Crippen LogP) is 4.68. The lowest BCUT2D eigenvalue weighted by molar-refractivity contribution is 0.243. The third-order valence-corrected chi connectivity index (χ3v) is 5.46. The largest absolute Gasteiger partial charge is 0.302 e. The summed E-state index contributed by atoms with van der Waals surface area (Å²) in [5, 5.41) is 0. The van der Waals surface area contributed by atoms with E-state index < -0.39 is 0 Å². The quantitative estimate of drug-likeness (QED) is 0.760. The first-order valence-corrected chi connectivity index (χ1v) is 8.42. The van der Waals surface area contributed by atoms with Crippen molar-refractivity contribution in [3.8, 4) is 11.3 Å². The molecule has 0 radical (unpaired) electrons. The average Bonchev–Trinajstić information content (AvgIpc) is 2.82. The lowest BCUT2D eigenvalue weighted by atomic mass is 9.75. The molecule has 3 heteroatoms. The highest BCUT2D eigenvalue weighted by Gasteiger charge is 2.42. The topological polar surface area (TPSA) is 16.1 Å². The van der Waals surface area contributed by atoms with Gasteiger partial charge in [0.2, 0.25) is 0 Å². The highest BCUT2D eigenvalue weighted by molar-refractivity contribution is 8.93. The molecular formula is C20H25BrN2. The van der Waals surface area contributed by atoms with E-state index in [2.05, 4.69) is 55.3 Å². The van der Waals surface area contributed by atoms with E-state index in [9.17, 15) is 0 Å². The molecule has 0 N–H and O–H groups in total. The molecule has 0 spiro atoms. The van der Waals surface area contributed by atoms with Crippen molar-refractivity contribution in [2.24, 2.45) is 0 Å². The summed E-state index contributed by atoms with van der Waals surface area (Å²) in [7, 11) is 0. The van der Waals surface area contributed by atoms with Gasteiger partial charge in [0.25, 0.3) is 0 Å². The zero-order chi connectivity index (χ0) is 15.2. The molecule has 3 heterocycles. The van der Waals surface area contributed by atoms with Crippen molar-refractivity contribution in [2.75, 3.05) is 19.6 Å². The molecule has 2 aliphatic rings. The number of piperidine rings is 1. The lowest BCUT2D eigenvalue weighted by Gasteiger charge is -2.34. The predicted molar refractivity (Wildman–Crippen MR) is 101 cm³/mol. The molecule has 2 unspecified atom stereocenters. The van der Waals surface area contributed by atoms with Crippen molar-refractivity contribution in [3.63, 3.8) is 0 Å². The molecule has 0 aliphatic carbocycles. The number of aromatic nitrogens is 1. The maximum absolute atomic E-state index is 4.80. The zero-order valence-corrected chi connectivity index (χ0v) is 15.7. The summed E-state index contributed by atoms with van der Waals surface area (Å²) in [6, 6.07) is 11.2. The second-order valence-corrected chi connectivity index (χ2v) is 7.22. The number of nitrogens with zero attached hydrogens (tertiary/aromatic N) is 2. The monoisotopic (exact) mass is 372 g/mol. The van der Waals surface area contributed by atoms with E-state index in [0.29, 0.717) is 5.41 Å². The molecular weight excluding hydrogens is 348 g/mol. The van der Waals surface area contributed by atoms with Gasteiger partial charge in [0, 0.05) is 23.7 Å². The number of aryl methyl sites for hydroxylation is 2. The van der Waals surface area contributed by atoms with Crippen molar-refractivity contribution in [1.82, 2.24) is 9.88 Å². The Hall–Kier alpha value is -1.19. The number of pyridine rings is 1. The van der Waals surface area contributed by atoms with Crippen LogP contribution in [0, 0.1) is 13.8 Å². The van der Waals surface area contributed by atoms with Crippen LogP contribution < -0.4 is 0 Å². The fourth-order valence-corrected chi connectivity index (χ4v) is 4.38. The van der Waals surface area contributed by atoms with Gasteiger partial charge in [-0.2, -0.15) is 0 Å². The Morgan fingerprint density at radius 2 is 1.78 bits per heavy atom. The van der Waals surface area contributed by atoms with Gasteiger partial charge in [-0.05, 0) is 70.0 Å². The molecule has 4 rings (SSSR count). The fourth-order valence-electron chi connectivity index (χ4n) is 4.38. The second kappa shape index (κ2) is 6.37. The maximum Gasteiger partial charge on any atom is 0.0702 e. The minimum Gasteiger partial charge on any atom is -0.302 e. The molecule has 2 nitrogen and oxygen atoms in total. The highest BCUT2D eigenvalue weighted by Crippen LogP contribution is 2.42. The van der Waals surface area contributed by atoms with Gasteiger partial charge in [-0.1, -0.05) is 23.3 Å². The summed E-state index contributed by atoms with van der Waals surface area (Å²) in [6.45, 7) is 8.09. The van der Waals surface area contributed by atoms with Gasteiger partial charge >= 0.3 is 0 Å². The van der Waals surface area contributed by atoms with Gasteiger partial charge in [-0.25, -0.2) is 0 Å². The Balaban J connectivity index is 0.00000156. The van der Waals surface area contributed by atoms with Crippen molar-refractivity contribution < 1.29 is 0 Å². The summed E-state index contributed by atoms with van der Waals surface area (Å²) in [5.41, 5.74) is 6.77. The van der Waals surface area contributed by atoms with Crippen molar-refractivity contribution >= 4 is 17.0 Å². The van der Waals surface area contributed by atoms with Crippen LogP contribution in [-0.4, -0.2) is 29.5 Å². The first-order valence-electron chi connectivity index (χ1n) is 8.42. The fraction of sp³-hybridized carbons (Fsp3) is 0.450. The molecule has 2 atom stereocenters. The molecule has 2 aromatic rings. The Labute approximate surface area is 149 Å². The van der Waals surface area contributed by atoms with E-state index in [1.807, 2.05) is 0 Å². The molecule has 2 fully saturated rings. The third-order valence-electron chi connectivity index (χ3n) is 5.46. The van der Waals surface area contributed by atoms with Gasteiger partial charge in [0.1, 0.15) is 0 Å². The van der Waals surface area contributed by atoms with Crippen LogP contribution in [0.3, 0.4) is 0 Å². The SMILES string of the molecule is Br.Cc1cc(C)cc(-c2ccc(C34CCCN(CC3)C4)cn2)c1. The van der Waals surface area contributed by atoms with Crippen LogP contribution in [0.4, 0.5) is 0 Å². The molecule has 0 amide bonds. The highest BCUT2D eigenvalue weighted by atomic mass is 79.9. The van der Waals surface area contributed by atoms with Crippen molar-refractivity contribution in [3.05, 3.63) is 53.2 Å². The number of rotatable bonds is 2. The molecule has 2 saturated heterocycles. The normalized spacial score (nSPS) is 25.9. The maximum atomic E-state index is 4.80. The Morgan fingerprint density at radius 3 is 2.48 bits per heavy atom. The number of halogens is 1. The molecule has 2 bridgehead atoms. The van der Waals surface area contributed by atoms with E-state index in [-0.39, 0.29) is 17.0 Å². The molecule has 0 saturated carbocycles.